The zero-order valence-electron chi connectivity index (χ0n) is 9.34. The van der Waals surface area contributed by atoms with Gasteiger partial charge in [-0.25, -0.2) is 4.79 Å². The first-order chi connectivity index (χ1) is 7.79. The first-order valence-electron chi connectivity index (χ1n) is 4.94. The van der Waals surface area contributed by atoms with E-state index in [9.17, 15) is 18.0 Å². The third-order valence-corrected chi connectivity index (χ3v) is 1.78. The van der Waals surface area contributed by atoms with Crippen LogP contribution in [0, 0.1) is 0 Å². The Balaban J connectivity index is 2.76. The van der Waals surface area contributed by atoms with Crippen LogP contribution in [0.15, 0.2) is 24.3 Å². The van der Waals surface area contributed by atoms with Crippen LogP contribution in [0.4, 0.5) is 23.7 Å². The molecule has 0 bridgehead atoms. The van der Waals surface area contributed by atoms with Gasteiger partial charge in [0.1, 0.15) is 0 Å². The quantitative estimate of drug-likeness (QED) is 0.866. The van der Waals surface area contributed by atoms with Crippen molar-refractivity contribution in [2.45, 2.75) is 26.1 Å². The van der Waals surface area contributed by atoms with Gasteiger partial charge in [-0.05, 0) is 32.0 Å². The van der Waals surface area contributed by atoms with Crippen molar-refractivity contribution in [3.8, 4) is 0 Å². The van der Waals surface area contributed by atoms with Crippen molar-refractivity contribution >= 4 is 11.8 Å². The van der Waals surface area contributed by atoms with Crippen LogP contribution in [0.3, 0.4) is 0 Å². The van der Waals surface area contributed by atoms with E-state index in [0.717, 1.165) is 12.1 Å². The molecule has 1 N–H and O–H groups in total. The lowest BCUT2D eigenvalue weighted by Gasteiger charge is -2.11. The van der Waals surface area contributed by atoms with Crippen molar-refractivity contribution in [1.82, 2.24) is 0 Å². The molecule has 3 nitrogen and oxygen atoms in total. The number of anilines is 1. The van der Waals surface area contributed by atoms with Gasteiger partial charge < -0.3 is 4.74 Å². The lowest BCUT2D eigenvalue weighted by atomic mass is 10.2. The topological polar surface area (TPSA) is 38.3 Å². The smallest absolute Gasteiger partial charge is 0.416 e. The van der Waals surface area contributed by atoms with Gasteiger partial charge in [0.05, 0.1) is 11.7 Å². The fourth-order valence-corrected chi connectivity index (χ4v) is 1.13. The largest absolute Gasteiger partial charge is 0.447 e. The lowest BCUT2D eigenvalue weighted by Crippen LogP contribution is -2.18. The summed E-state index contributed by atoms with van der Waals surface area (Å²) in [4.78, 5) is 11.2. The standard InChI is InChI=1S/C11H12F3NO2/c1-7(2)17-10(16)15-9-5-3-4-8(6-9)11(12,13)14/h3-7H,1-2H3,(H,15,16). The van der Waals surface area contributed by atoms with E-state index >= 15 is 0 Å². The maximum Gasteiger partial charge on any atom is 0.416 e. The normalized spacial score (nSPS) is 11.4. The van der Waals surface area contributed by atoms with Crippen LogP contribution in [-0.4, -0.2) is 12.2 Å². The van der Waals surface area contributed by atoms with Crippen molar-refractivity contribution in [3.05, 3.63) is 29.8 Å². The van der Waals surface area contributed by atoms with Gasteiger partial charge in [0.15, 0.2) is 0 Å². The summed E-state index contributed by atoms with van der Waals surface area (Å²) in [5.41, 5.74) is -0.773. The highest BCUT2D eigenvalue weighted by Crippen LogP contribution is 2.30. The second-order valence-electron chi connectivity index (χ2n) is 3.66. The molecule has 0 atom stereocenters. The minimum atomic E-state index is -4.43. The van der Waals surface area contributed by atoms with Gasteiger partial charge in [-0.15, -0.1) is 0 Å². The SMILES string of the molecule is CC(C)OC(=O)Nc1cccc(C(F)(F)F)c1. The van der Waals surface area contributed by atoms with Crippen molar-refractivity contribution in [3.63, 3.8) is 0 Å². The Kier molecular flexibility index (Phi) is 3.98. The van der Waals surface area contributed by atoms with Crippen molar-refractivity contribution < 1.29 is 22.7 Å². The first-order valence-corrected chi connectivity index (χ1v) is 4.94. The first kappa shape index (κ1) is 13.3. The Hall–Kier alpha value is -1.72. The Morgan fingerprint density at radius 3 is 2.53 bits per heavy atom. The zero-order valence-corrected chi connectivity index (χ0v) is 9.34. The van der Waals surface area contributed by atoms with Crippen LogP contribution < -0.4 is 5.32 Å². The van der Waals surface area contributed by atoms with E-state index in [1.54, 1.807) is 13.8 Å². The van der Waals surface area contributed by atoms with E-state index in [2.05, 4.69) is 5.32 Å². The molecule has 6 heteroatoms. The third-order valence-electron chi connectivity index (χ3n) is 1.78. The molecule has 1 aromatic carbocycles. The summed E-state index contributed by atoms with van der Waals surface area (Å²) in [5, 5.41) is 2.22. The molecule has 0 heterocycles. The number of amides is 1. The molecule has 1 aromatic rings. The average Bonchev–Trinajstić information content (AvgIpc) is 2.15. The highest BCUT2D eigenvalue weighted by molar-refractivity contribution is 5.84. The van der Waals surface area contributed by atoms with Gasteiger partial charge in [-0.1, -0.05) is 6.07 Å². The zero-order chi connectivity index (χ0) is 13.1. The van der Waals surface area contributed by atoms with E-state index in [0.29, 0.717) is 0 Å². The monoisotopic (exact) mass is 247 g/mol. The Bertz CT molecular complexity index is 402. The molecule has 0 aromatic heterocycles. The summed E-state index contributed by atoms with van der Waals surface area (Å²) in [6.07, 6.45) is -5.54. The molecule has 0 saturated carbocycles. The second kappa shape index (κ2) is 5.07. The minimum Gasteiger partial charge on any atom is -0.447 e. The molecule has 17 heavy (non-hydrogen) atoms. The fraction of sp³-hybridized carbons (Fsp3) is 0.364. The van der Waals surface area contributed by atoms with Gasteiger partial charge >= 0.3 is 12.3 Å². The number of benzene rings is 1. The van der Waals surface area contributed by atoms with Gasteiger partial charge in [-0.2, -0.15) is 13.2 Å². The number of hydrogen-bond donors (Lipinski definition) is 1. The third kappa shape index (κ3) is 4.34. The van der Waals surface area contributed by atoms with Crippen LogP contribution in [0.5, 0.6) is 0 Å². The molecule has 0 spiro atoms. The predicted octanol–water partition coefficient (Wildman–Crippen LogP) is 3.66. The van der Waals surface area contributed by atoms with Crippen LogP contribution in [0.2, 0.25) is 0 Å². The Labute approximate surface area is 96.6 Å². The maximum absolute atomic E-state index is 12.4. The summed E-state index contributed by atoms with van der Waals surface area (Å²) in [7, 11) is 0. The summed E-state index contributed by atoms with van der Waals surface area (Å²) < 4.78 is 41.9. The van der Waals surface area contributed by atoms with E-state index < -0.39 is 17.8 Å². The molecule has 1 amide bonds. The summed E-state index contributed by atoms with van der Waals surface area (Å²) in [6.45, 7) is 3.29. The lowest BCUT2D eigenvalue weighted by molar-refractivity contribution is -0.137. The summed E-state index contributed by atoms with van der Waals surface area (Å²) >= 11 is 0. The minimum absolute atomic E-state index is 0.0467. The predicted molar refractivity (Wildman–Crippen MR) is 56.7 cm³/mol. The number of ether oxygens (including phenoxy) is 1. The number of carbonyl (C=O) groups excluding carboxylic acids is 1. The number of alkyl halides is 3. The van der Waals surface area contributed by atoms with Crippen LogP contribution in [-0.2, 0) is 10.9 Å². The van der Waals surface area contributed by atoms with Crippen molar-refractivity contribution in [1.29, 1.82) is 0 Å². The summed E-state index contributed by atoms with van der Waals surface area (Å²) in [5.74, 6) is 0. The number of halogens is 3. The molecular formula is C11H12F3NO2. The Morgan fingerprint density at radius 2 is 2.00 bits per heavy atom. The highest BCUT2D eigenvalue weighted by Gasteiger charge is 2.30. The van der Waals surface area contributed by atoms with Crippen LogP contribution in [0.25, 0.3) is 0 Å². The fourth-order valence-electron chi connectivity index (χ4n) is 1.13. The number of nitrogens with one attached hydrogen (secondary N) is 1. The highest BCUT2D eigenvalue weighted by atomic mass is 19.4. The van der Waals surface area contributed by atoms with E-state index in [4.69, 9.17) is 4.74 Å². The maximum atomic E-state index is 12.4. The van der Waals surface area contributed by atoms with Crippen LogP contribution in [0.1, 0.15) is 19.4 Å². The van der Waals surface area contributed by atoms with E-state index in [1.807, 2.05) is 0 Å². The van der Waals surface area contributed by atoms with Gasteiger partial charge in [0.25, 0.3) is 0 Å². The number of hydrogen-bond acceptors (Lipinski definition) is 2. The molecule has 0 aliphatic rings. The summed E-state index contributed by atoms with van der Waals surface area (Å²) in [6, 6.07) is 4.35. The molecule has 0 fully saturated rings. The molecule has 0 saturated heterocycles. The van der Waals surface area contributed by atoms with Gasteiger partial charge in [0, 0.05) is 5.69 Å². The molecule has 0 unspecified atom stereocenters. The average molecular weight is 247 g/mol. The molecule has 0 aliphatic heterocycles. The second-order valence-corrected chi connectivity index (χ2v) is 3.66. The molecule has 94 valence electrons. The molecule has 1 rings (SSSR count). The molecular weight excluding hydrogens is 235 g/mol. The molecule has 0 radical (unpaired) electrons. The van der Waals surface area contributed by atoms with Crippen molar-refractivity contribution in [2.24, 2.45) is 0 Å². The van der Waals surface area contributed by atoms with Gasteiger partial charge in [-0.3, -0.25) is 5.32 Å². The number of rotatable bonds is 2. The van der Waals surface area contributed by atoms with E-state index in [1.165, 1.54) is 12.1 Å². The number of carbonyl (C=O) groups is 1. The van der Waals surface area contributed by atoms with Gasteiger partial charge in [0.2, 0.25) is 0 Å². The molecule has 0 aliphatic carbocycles. The Morgan fingerprint density at radius 1 is 1.35 bits per heavy atom. The van der Waals surface area contributed by atoms with Crippen molar-refractivity contribution in [2.75, 3.05) is 5.32 Å². The van der Waals surface area contributed by atoms with Crippen LogP contribution >= 0.6 is 0 Å². The van der Waals surface area contributed by atoms with E-state index in [-0.39, 0.29) is 11.8 Å².